The number of amides is 2. The van der Waals surface area contributed by atoms with E-state index in [4.69, 9.17) is 0 Å². The van der Waals surface area contributed by atoms with Crippen molar-refractivity contribution >= 4 is 11.8 Å². The van der Waals surface area contributed by atoms with Crippen molar-refractivity contribution in [3.05, 3.63) is 0 Å². The van der Waals surface area contributed by atoms with Crippen LogP contribution in [0.15, 0.2) is 0 Å². The SMILES string of the molecule is CCCCN1C[C@H](C(=O)N(CC)CC)CC1=O. The molecule has 98 valence electrons. The molecule has 17 heavy (non-hydrogen) atoms. The first kappa shape index (κ1) is 14.0. The highest BCUT2D eigenvalue weighted by Gasteiger charge is 2.35. The molecule has 0 spiro atoms. The summed E-state index contributed by atoms with van der Waals surface area (Å²) in [6.45, 7) is 8.95. The second-order valence-electron chi connectivity index (χ2n) is 4.60. The third-order valence-electron chi connectivity index (χ3n) is 3.42. The number of rotatable bonds is 6. The molecular formula is C13H24N2O2. The summed E-state index contributed by atoms with van der Waals surface area (Å²) in [7, 11) is 0. The second kappa shape index (κ2) is 6.62. The molecule has 1 rings (SSSR count). The molecule has 0 unspecified atom stereocenters. The monoisotopic (exact) mass is 240 g/mol. The molecule has 1 fully saturated rings. The molecule has 0 saturated carbocycles. The summed E-state index contributed by atoms with van der Waals surface area (Å²) in [5.41, 5.74) is 0. The highest BCUT2D eigenvalue weighted by atomic mass is 16.2. The number of hydrogen-bond acceptors (Lipinski definition) is 2. The van der Waals surface area contributed by atoms with Crippen LogP contribution in [0, 0.1) is 5.92 Å². The van der Waals surface area contributed by atoms with E-state index in [2.05, 4.69) is 6.92 Å². The Morgan fingerprint density at radius 2 is 2.00 bits per heavy atom. The van der Waals surface area contributed by atoms with Crippen molar-refractivity contribution < 1.29 is 9.59 Å². The third-order valence-corrected chi connectivity index (χ3v) is 3.42. The molecule has 1 aliphatic rings. The number of unbranched alkanes of at least 4 members (excludes halogenated alkanes) is 1. The Morgan fingerprint density at radius 3 is 2.53 bits per heavy atom. The maximum Gasteiger partial charge on any atom is 0.227 e. The minimum Gasteiger partial charge on any atom is -0.343 e. The Balaban J connectivity index is 2.52. The molecule has 4 nitrogen and oxygen atoms in total. The van der Waals surface area contributed by atoms with E-state index in [0.717, 1.165) is 32.5 Å². The van der Waals surface area contributed by atoms with Gasteiger partial charge in [0.25, 0.3) is 0 Å². The van der Waals surface area contributed by atoms with Gasteiger partial charge in [-0.05, 0) is 20.3 Å². The fraction of sp³-hybridized carbons (Fsp3) is 0.846. The lowest BCUT2D eigenvalue weighted by molar-refractivity contribution is -0.135. The zero-order chi connectivity index (χ0) is 12.8. The quantitative estimate of drug-likeness (QED) is 0.706. The van der Waals surface area contributed by atoms with Crippen LogP contribution in [0.2, 0.25) is 0 Å². The number of nitrogens with zero attached hydrogens (tertiary/aromatic N) is 2. The van der Waals surface area contributed by atoms with Crippen LogP contribution in [-0.4, -0.2) is 47.8 Å². The molecule has 4 heteroatoms. The summed E-state index contributed by atoms with van der Waals surface area (Å²) in [5, 5.41) is 0. The van der Waals surface area contributed by atoms with Gasteiger partial charge < -0.3 is 9.80 Å². The third kappa shape index (κ3) is 3.45. The van der Waals surface area contributed by atoms with Crippen LogP contribution in [0.5, 0.6) is 0 Å². The lowest BCUT2D eigenvalue weighted by Crippen LogP contribution is -2.37. The van der Waals surface area contributed by atoms with E-state index in [9.17, 15) is 9.59 Å². The molecule has 1 atom stereocenters. The van der Waals surface area contributed by atoms with Gasteiger partial charge in [0.1, 0.15) is 0 Å². The zero-order valence-electron chi connectivity index (χ0n) is 11.2. The summed E-state index contributed by atoms with van der Waals surface area (Å²) in [6.07, 6.45) is 2.51. The highest BCUT2D eigenvalue weighted by Crippen LogP contribution is 2.20. The van der Waals surface area contributed by atoms with Crippen LogP contribution in [0.3, 0.4) is 0 Å². The summed E-state index contributed by atoms with van der Waals surface area (Å²) >= 11 is 0. The van der Waals surface area contributed by atoms with Crippen LogP contribution in [-0.2, 0) is 9.59 Å². The lowest BCUT2D eigenvalue weighted by atomic mass is 10.1. The minimum atomic E-state index is -0.112. The second-order valence-corrected chi connectivity index (χ2v) is 4.60. The molecule has 0 bridgehead atoms. The zero-order valence-corrected chi connectivity index (χ0v) is 11.2. The van der Waals surface area contributed by atoms with E-state index in [1.807, 2.05) is 23.6 Å². The van der Waals surface area contributed by atoms with E-state index in [-0.39, 0.29) is 17.7 Å². The Labute approximate surface area is 104 Å². The molecule has 0 aromatic heterocycles. The number of hydrogen-bond donors (Lipinski definition) is 0. The Hall–Kier alpha value is -1.06. The number of carbonyl (C=O) groups excluding carboxylic acids is 2. The fourth-order valence-corrected chi connectivity index (χ4v) is 2.30. The van der Waals surface area contributed by atoms with Gasteiger partial charge in [0, 0.05) is 32.6 Å². The van der Waals surface area contributed by atoms with Crippen molar-refractivity contribution in [1.29, 1.82) is 0 Å². The van der Waals surface area contributed by atoms with Crippen LogP contribution in [0.4, 0.5) is 0 Å². The fourth-order valence-electron chi connectivity index (χ4n) is 2.30. The topological polar surface area (TPSA) is 40.6 Å². The van der Waals surface area contributed by atoms with Crippen LogP contribution >= 0.6 is 0 Å². The van der Waals surface area contributed by atoms with Crippen molar-refractivity contribution in [2.45, 2.75) is 40.0 Å². The minimum absolute atomic E-state index is 0.112. The maximum atomic E-state index is 12.1. The van der Waals surface area contributed by atoms with Crippen LogP contribution in [0.1, 0.15) is 40.0 Å². The van der Waals surface area contributed by atoms with E-state index < -0.39 is 0 Å². The molecule has 0 aromatic rings. The molecule has 1 heterocycles. The molecule has 0 aromatic carbocycles. The highest BCUT2D eigenvalue weighted by molar-refractivity contribution is 5.89. The number of likely N-dealkylation sites (tertiary alicyclic amines) is 1. The smallest absolute Gasteiger partial charge is 0.227 e. The van der Waals surface area contributed by atoms with Gasteiger partial charge in [-0.2, -0.15) is 0 Å². The summed E-state index contributed by atoms with van der Waals surface area (Å²) in [6, 6.07) is 0. The average molecular weight is 240 g/mol. The first-order chi connectivity index (χ1) is 8.13. The van der Waals surface area contributed by atoms with Gasteiger partial charge in [0.05, 0.1) is 5.92 Å². The lowest BCUT2D eigenvalue weighted by Gasteiger charge is -2.22. The van der Waals surface area contributed by atoms with Gasteiger partial charge in [0.2, 0.25) is 11.8 Å². The van der Waals surface area contributed by atoms with E-state index in [0.29, 0.717) is 13.0 Å². The van der Waals surface area contributed by atoms with Gasteiger partial charge in [-0.3, -0.25) is 9.59 Å². The van der Waals surface area contributed by atoms with Crippen molar-refractivity contribution in [2.75, 3.05) is 26.2 Å². The predicted octanol–water partition coefficient (Wildman–Crippen LogP) is 1.50. The molecule has 0 aliphatic carbocycles. The predicted molar refractivity (Wildman–Crippen MR) is 67.5 cm³/mol. The normalized spacial score (nSPS) is 19.8. The standard InChI is InChI=1S/C13H24N2O2/c1-4-7-8-15-10-11(9-12(15)16)13(17)14(5-2)6-3/h11H,4-10H2,1-3H3/t11-/m1/s1. The van der Waals surface area contributed by atoms with Gasteiger partial charge in [0.15, 0.2) is 0 Å². The van der Waals surface area contributed by atoms with Gasteiger partial charge >= 0.3 is 0 Å². The summed E-state index contributed by atoms with van der Waals surface area (Å²) in [4.78, 5) is 27.5. The molecule has 0 N–H and O–H groups in total. The largest absolute Gasteiger partial charge is 0.343 e. The van der Waals surface area contributed by atoms with Crippen LogP contribution < -0.4 is 0 Å². The first-order valence-electron chi connectivity index (χ1n) is 6.70. The molecule has 1 aliphatic heterocycles. The van der Waals surface area contributed by atoms with Gasteiger partial charge in [-0.1, -0.05) is 13.3 Å². The van der Waals surface area contributed by atoms with Crippen molar-refractivity contribution in [1.82, 2.24) is 9.80 Å². The van der Waals surface area contributed by atoms with Gasteiger partial charge in [-0.25, -0.2) is 0 Å². The van der Waals surface area contributed by atoms with E-state index >= 15 is 0 Å². The van der Waals surface area contributed by atoms with Crippen molar-refractivity contribution in [2.24, 2.45) is 5.92 Å². The van der Waals surface area contributed by atoms with Gasteiger partial charge in [-0.15, -0.1) is 0 Å². The average Bonchev–Trinajstić information content (AvgIpc) is 2.69. The van der Waals surface area contributed by atoms with E-state index in [1.165, 1.54) is 0 Å². The summed E-state index contributed by atoms with van der Waals surface area (Å²) < 4.78 is 0. The number of carbonyl (C=O) groups is 2. The molecule has 2 amide bonds. The molecular weight excluding hydrogens is 216 g/mol. The van der Waals surface area contributed by atoms with Crippen LogP contribution in [0.25, 0.3) is 0 Å². The van der Waals surface area contributed by atoms with Crippen molar-refractivity contribution in [3.8, 4) is 0 Å². The Kier molecular flexibility index (Phi) is 5.45. The Bertz CT molecular complexity index is 275. The summed E-state index contributed by atoms with van der Waals surface area (Å²) in [5.74, 6) is 0.172. The van der Waals surface area contributed by atoms with E-state index in [1.54, 1.807) is 0 Å². The first-order valence-corrected chi connectivity index (χ1v) is 6.70. The Morgan fingerprint density at radius 1 is 1.35 bits per heavy atom. The van der Waals surface area contributed by atoms with Crippen molar-refractivity contribution in [3.63, 3.8) is 0 Å². The molecule has 1 saturated heterocycles. The maximum absolute atomic E-state index is 12.1. The molecule has 0 radical (unpaired) electrons.